The van der Waals surface area contributed by atoms with Crippen LogP contribution in [-0.2, 0) is 4.79 Å². The predicted molar refractivity (Wildman–Crippen MR) is 67.4 cm³/mol. The van der Waals surface area contributed by atoms with Crippen molar-refractivity contribution in [3.8, 4) is 0 Å². The quantitative estimate of drug-likeness (QED) is 0.577. The second-order valence-electron chi connectivity index (χ2n) is 4.66. The molecule has 1 aromatic carbocycles. The third-order valence-corrected chi connectivity index (χ3v) is 2.83. The maximum absolute atomic E-state index is 11.9. The Morgan fingerprint density at radius 3 is 2.53 bits per heavy atom. The van der Waals surface area contributed by atoms with Crippen molar-refractivity contribution in [1.29, 1.82) is 0 Å². The zero-order valence-electron chi connectivity index (χ0n) is 10.3. The highest BCUT2D eigenvalue weighted by Gasteiger charge is 2.36. The van der Waals surface area contributed by atoms with Gasteiger partial charge in [-0.3, -0.25) is 9.59 Å². The molecule has 0 bridgehead atoms. The zero-order valence-corrected chi connectivity index (χ0v) is 10.3. The van der Waals surface area contributed by atoms with Crippen LogP contribution >= 0.6 is 0 Å². The maximum atomic E-state index is 11.9. The van der Waals surface area contributed by atoms with E-state index < -0.39 is 11.7 Å². The summed E-state index contributed by atoms with van der Waals surface area (Å²) in [4.78, 5) is 25.3. The number of nitrogens with zero attached hydrogens (tertiary/aromatic N) is 1. The smallest absolute Gasteiger partial charge is 0.299 e. The summed E-state index contributed by atoms with van der Waals surface area (Å²) in [5, 5.41) is 0. The van der Waals surface area contributed by atoms with Gasteiger partial charge in [0, 0.05) is 6.54 Å². The molecule has 2 rings (SSSR count). The van der Waals surface area contributed by atoms with Crippen molar-refractivity contribution >= 4 is 17.4 Å². The molecule has 1 amide bonds. The van der Waals surface area contributed by atoms with Crippen LogP contribution in [0, 0.1) is 13.8 Å². The van der Waals surface area contributed by atoms with Gasteiger partial charge in [0.05, 0.1) is 11.3 Å². The second kappa shape index (κ2) is 3.84. The molecule has 0 aromatic heterocycles. The number of carbonyl (C=O) groups excluding carboxylic acids is 2. The molecule has 17 heavy (non-hydrogen) atoms. The fourth-order valence-corrected chi connectivity index (χ4v) is 2.25. The topological polar surface area (TPSA) is 37.4 Å². The van der Waals surface area contributed by atoms with Gasteiger partial charge < -0.3 is 4.90 Å². The molecule has 88 valence electrons. The Labute approximate surface area is 101 Å². The lowest BCUT2D eigenvalue weighted by molar-refractivity contribution is -0.114. The van der Waals surface area contributed by atoms with Crippen molar-refractivity contribution in [2.75, 3.05) is 11.4 Å². The van der Waals surface area contributed by atoms with Crippen molar-refractivity contribution in [3.63, 3.8) is 0 Å². The summed E-state index contributed by atoms with van der Waals surface area (Å²) in [6.45, 7) is 9.89. The minimum atomic E-state index is -0.447. The fourth-order valence-electron chi connectivity index (χ4n) is 2.25. The Balaban J connectivity index is 2.60. The van der Waals surface area contributed by atoms with Gasteiger partial charge in [0.25, 0.3) is 11.7 Å². The standard InChI is InChI=1S/C14H15NO2/c1-8(2)7-15-12-10(4)5-9(3)6-11(12)13(16)14(15)17/h5-6H,1,7H2,2-4H3. The molecule has 1 aliphatic rings. The molecule has 0 N–H and O–H groups in total. The molecule has 0 aliphatic carbocycles. The first-order chi connectivity index (χ1) is 7.91. The van der Waals surface area contributed by atoms with Crippen molar-refractivity contribution in [1.82, 2.24) is 0 Å². The van der Waals surface area contributed by atoms with E-state index in [0.29, 0.717) is 12.1 Å². The number of Topliss-reactive ketones (excluding diaryl/α,β-unsaturated/α-hetero) is 1. The van der Waals surface area contributed by atoms with Crippen LogP contribution in [0.25, 0.3) is 0 Å². The van der Waals surface area contributed by atoms with E-state index in [9.17, 15) is 9.59 Å². The van der Waals surface area contributed by atoms with Crippen molar-refractivity contribution in [2.24, 2.45) is 0 Å². The van der Waals surface area contributed by atoms with E-state index in [1.807, 2.05) is 26.8 Å². The summed E-state index contributed by atoms with van der Waals surface area (Å²) in [6.07, 6.45) is 0. The van der Waals surface area contributed by atoms with Gasteiger partial charge in [-0.25, -0.2) is 0 Å². The second-order valence-corrected chi connectivity index (χ2v) is 4.66. The Kier molecular flexibility index (Phi) is 2.62. The number of fused-ring (bicyclic) bond motifs is 1. The van der Waals surface area contributed by atoms with Gasteiger partial charge in [-0.1, -0.05) is 18.2 Å². The molecule has 0 radical (unpaired) electrons. The minimum absolute atomic E-state index is 0.404. The molecule has 0 fully saturated rings. The molecule has 1 aromatic rings. The fraction of sp³-hybridized carbons (Fsp3) is 0.286. The van der Waals surface area contributed by atoms with Crippen LogP contribution in [-0.4, -0.2) is 18.2 Å². The number of hydrogen-bond donors (Lipinski definition) is 0. The number of ketones is 1. The molecule has 1 aliphatic heterocycles. The number of benzene rings is 1. The van der Waals surface area contributed by atoms with Crippen molar-refractivity contribution in [2.45, 2.75) is 20.8 Å². The van der Waals surface area contributed by atoms with Gasteiger partial charge in [0.1, 0.15) is 0 Å². The Hall–Kier alpha value is -1.90. The largest absolute Gasteiger partial charge is 0.300 e. The highest BCUT2D eigenvalue weighted by atomic mass is 16.2. The number of amides is 1. The van der Waals surface area contributed by atoms with Gasteiger partial charge in [-0.2, -0.15) is 0 Å². The van der Waals surface area contributed by atoms with Crippen molar-refractivity contribution in [3.05, 3.63) is 41.0 Å². The maximum Gasteiger partial charge on any atom is 0.299 e. The van der Waals surface area contributed by atoms with Crippen LogP contribution in [0.2, 0.25) is 0 Å². The summed E-state index contributed by atoms with van der Waals surface area (Å²) in [5.41, 5.74) is 4.08. The third kappa shape index (κ3) is 1.78. The molecule has 0 saturated heterocycles. The molecular formula is C14H15NO2. The first kappa shape index (κ1) is 11.6. The molecule has 0 saturated carbocycles. The molecule has 0 spiro atoms. The van der Waals surface area contributed by atoms with E-state index in [-0.39, 0.29) is 0 Å². The lowest BCUT2D eigenvalue weighted by Crippen LogP contribution is -2.31. The first-order valence-corrected chi connectivity index (χ1v) is 5.53. The van der Waals surface area contributed by atoms with Crippen LogP contribution in [0.4, 0.5) is 5.69 Å². The highest BCUT2D eigenvalue weighted by molar-refractivity contribution is 6.52. The summed E-state index contributed by atoms with van der Waals surface area (Å²) in [5.74, 6) is -0.857. The molecule has 0 atom stereocenters. The summed E-state index contributed by atoms with van der Waals surface area (Å²) < 4.78 is 0. The number of anilines is 1. The number of hydrogen-bond acceptors (Lipinski definition) is 2. The van der Waals surface area contributed by atoms with E-state index in [1.54, 1.807) is 6.07 Å². The van der Waals surface area contributed by atoms with Gasteiger partial charge in [0.2, 0.25) is 0 Å². The SMILES string of the molecule is C=C(C)CN1C(=O)C(=O)c2cc(C)cc(C)c21. The average molecular weight is 229 g/mol. The molecule has 3 nitrogen and oxygen atoms in total. The van der Waals surface area contributed by atoms with Gasteiger partial charge in [-0.15, -0.1) is 0 Å². The normalized spacial score (nSPS) is 14.2. The minimum Gasteiger partial charge on any atom is -0.300 e. The van der Waals surface area contributed by atoms with Gasteiger partial charge in [-0.05, 0) is 38.0 Å². The number of carbonyl (C=O) groups is 2. The monoisotopic (exact) mass is 229 g/mol. The third-order valence-electron chi connectivity index (χ3n) is 2.83. The number of rotatable bonds is 2. The van der Waals surface area contributed by atoms with Crippen LogP contribution in [0.5, 0.6) is 0 Å². The summed E-state index contributed by atoms with van der Waals surface area (Å²) in [6, 6.07) is 3.76. The lowest BCUT2D eigenvalue weighted by atomic mass is 10.0. The highest BCUT2D eigenvalue weighted by Crippen LogP contribution is 2.33. The summed E-state index contributed by atoms with van der Waals surface area (Å²) in [7, 11) is 0. The van der Waals surface area contributed by atoms with E-state index in [1.165, 1.54) is 4.90 Å². The van der Waals surface area contributed by atoms with Crippen molar-refractivity contribution < 1.29 is 9.59 Å². The molecule has 1 heterocycles. The number of aryl methyl sites for hydroxylation is 2. The van der Waals surface area contributed by atoms with Crippen LogP contribution in [0.1, 0.15) is 28.4 Å². The molecular weight excluding hydrogens is 214 g/mol. The van der Waals surface area contributed by atoms with E-state index >= 15 is 0 Å². The summed E-state index contributed by atoms with van der Waals surface area (Å²) >= 11 is 0. The predicted octanol–water partition coefficient (Wildman–Crippen LogP) is 2.41. The Morgan fingerprint density at radius 1 is 1.29 bits per heavy atom. The van der Waals surface area contributed by atoms with Crippen LogP contribution in [0.3, 0.4) is 0 Å². The first-order valence-electron chi connectivity index (χ1n) is 5.53. The van der Waals surface area contributed by atoms with E-state index in [0.717, 1.165) is 22.4 Å². The van der Waals surface area contributed by atoms with Crippen LogP contribution in [0.15, 0.2) is 24.3 Å². The molecule has 3 heteroatoms. The van der Waals surface area contributed by atoms with Crippen LogP contribution < -0.4 is 4.90 Å². The van der Waals surface area contributed by atoms with Gasteiger partial charge in [0.15, 0.2) is 0 Å². The Bertz CT molecular complexity index is 543. The molecule has 0 unspecified atom stereocenters. The Morgan fingerprint density at radius 2 is 1.94 bits per heavy atom. The van der Waals surface area contributed by atoms with Gasteiger partial charge >= 0.3 is 0 Å². The van der Waals surface area contributed by atoms with E-state index in [4.69, 9.17) is 0 Å². The average Bonchev–Trinajstić information content (AvgIpc) is 2.43. The lowest BCUT2D eigenvalue weighted by Gasteiger charge is -2.18. The van der Waals surface area contributed by atoms with E-state index in [2.05, 4.69) is 6.58 Å². The zero-order chi connectivity index (χ0) is 12.7.